The number of nitrogens with zero attached hydrogens (tertiary/aromatic N) is 1. The SMILES string of the molecule is O=C(NC(c1ccccc1)(c1ccccc1)c1ccccc1)c1ccc(N2CC[C@@H]([P+](c3ccccc3)(c3ccccc3)c3ccccc3)C2=O)cc1. The van der Waals surface area contributed by atoms with Crippen LogP contribution in [0.15, 0.2) is 206 Å². The van der Waals surface area contributed by atoms with Gasteiger partial charge in [-0.05, 0) is 77.4 Å². The largest absolute Gasteiger partial charge is 0.334 e. The van der Waals surface area contributed by atoms with E-state index in [9.17, 15) is 9.59 Å². The molecule has 0 bridgehead atoms. The second-order valence-corrected chi connectivity index (χ2v) is 17.0. The van der Waals surface area contributed by atoms with Gasteiger partial charge in [0.2, 0.25) is 0 Å². The lowest BCUT2D eigenvalue weighted by Gasteiger charge is -2.37. The molecule has 1 aliphatic rings. The van der Waals surface area contributed by atoms with Crippen molar-refractivity contribution in [1.29, 1.82) is 0 Å². The van der Waals surface area contributed by atoms with Crippen LogP contribution in [0, 0.1) is 0 Å². The Balaban J connectivity index is 1.14. The maximum absolute atomic E-state index is 14.8. The average molecular weight is 708 g/mol. The van der Waals surface area contributed by atoms with Gasteiger partial charge in [-0.25, -0.2) is 0 Å². The highest BCUT2D eigenvalue weighted by molar-refractivity contribution is 7.97. The van der Waals surface area contributed by atoms with Gasteiger partial charge in [0.15, 0.2) is 5.66 Å². The summed E-state index contributed by atoms with van der Waals surface area (Å²) < 4.78 is 0. The molecule has 0 radical (unpaired) electrons. The van der Waals surface area contributed by atoms with Crippen LogP contribution in [0.4, 0.5) is 5.69 Å². The third-order valence-electron chi connectivity index (χ3n) is 10.5. The van der Waals surface area contributed by atoms with Crippen molar-refractivity contribution in [3.05, 3.63) is 229 Å². The minimum Gasteiger partial charge on any atom is -0.334 e. The minimum absolute atomic E-state index is 0.114. The first-order valence-electron chi connectivity index (χ1n) is 18.1. The smallest absolute Gasteiger partial charge is 0.268 e. The highest BCUT2D eigenvalue weighted by Crippen LogP contribution is 2.62. The molecule has 1 saturated heterocycles. The number of anilines is 1. The van der Waals surface area contributed by atoms with Gasteiger partial charge in [0, 0.05) is 24.2 Å². The topological polar surface area (TPSA) is 49.4 Å². The summed E-state index contributed by atoms with van der Waals surface area (Å²) in [6.07, 6.45) is 0.723. The van der Waals surface area contributed by atoms with Crippen LogP contribution in [0.25, 0.3) is 0 Å². The van der Waals surface area contributed by atoms with E-state index in [4.69, 9.17) is 0 Å². The lowest BCUT2D eigenvalue weighted by Crippen LogP contribution is -2.47. The molecular formula is C48H40N2O2P+. The highest BCUT2D eigenvalue weighted by Gasteiger charge is 2.58. The maximum Gasteiger partial charge on any atom is 0.268 e. The zero-order chi connectivity index (χ0) is 36.1. The average Bonchev–Trinajstić information content (AvgIpc) is 3.63. The van der Waals surface area contributed by atoms with Gasteiger partial charge in [-0.2, -0.15) is 0 Å². The highest BCUT2D eigenvalue weighted by atomic mass is 31.2. The van der Waals surface area contributed by atoms with Crippen molar-refractivity contribution in [1.82, 2.24) is 5.32 Å². The summed E-state index contributed by atoms with van der Waals surface area (Å²) in [6.45, 7) is 0.600. The first-order chi connectivity index (χ1) is 26.1. The van der Waals surface area contributed by atoms with Crippen LogP contribution in [-0.4, -0.2) is 24.0 Å². The summed E-state index contributed by atoms with van der Waals surface area (Å²) in [7, 11) is -2.41. The molecule has 1 atom stereocenters. The molecule has 0 saturated carbocycles. The maximum atomic E-state index is 14.8. The van der Waals surface area contributed by atoms with Crippen molar-refractivity contribution < 1.29 is 9.59 Å². The molecular weight excluding hydrogens is 668 g/mol. The van der Waals surface area contributed by atoms with Crippen LogP contribution in [0.2, 0.25) is 0 Å². The Morgan fingerprint density at radius 2 is 0.868 bits per heavy atom. The van der Waals surface area contributed by atoms with Crippen LogP contribution in [0.3, 0.4) is 0 Å². The number of amides is 2. The monoisotopic (exact) mass is 707 g/mol. The van der Waals surface area contributed by atoms with E-state index < -0.39 is 12.8 Å². The molecule has 1 fully saturated rings. The zero-order valence-electron chi connectivity index (χ0n) is 29.3. The second-order valence-electron chi connectivity index (χ2n) is 13.4. The third-order valence-corrected chi connectivity index (χ3v) is 15.2. The molecule has 2 amide bonds. The quantitative estimate of drug-likeness (QED) is 0.115. The number of hydrogen-bond acceptors (Lipinski definition) is 2. The van der Waals surface area contributed by atoms with Crippen molar-refractivity contribution in [3.8, 4) is 0 Å². The van der Waals surface area contributed by atoms with Gasteiger partial charge in [-0.1, -0.05) is 146 Å². The van der Waals surface area contributed by atoms with E-state index in [0.29, 0.717) is 12.1 Å². The molecule has 1 heterocycles. The molecule has 0 unspecified atom stereocenters. The standard InChI is InChI=1S/C48H39N2O2P/c51-46(49-48(38-19-7-1-8-20-38,39-21-9-2-10-22-39)40-23-11-3-12-24-40)37-31-33-41(34-32-37)50-36-35-45(47(50)52)53(42-25-13-4-14-26-42,43-27-15-5-16-28-43)44-29-17-6-18-30-44/h1-34,45H,35-36H2/p+1/t45-/m1/s1. The van der Waals surface area contributed by atoms with Gasteiger partial charge in [-0.15, -0.1) is 0 Å². The predicted octanol–water partition coefficient (Wildman–Crippen LogP) is 8.51. The summed E-state index contributed by atoms with van der Waals surface area (Å²) in [4.78, 5) is 31.1. The molecule has 5 heteroatoms. The second kappa shape index (κ2) is 14.9. The number of hydrogen-bond donors (Lipinski definition) is 1. The zero-order valence-corrected chi connectivity index (χ0v) is 30.2. The Kier molecular flexibility index (Phi) is 9.55. The summed E-state index contributed by atoms with van der Waals surface area (Å²) in [5, 5.41) is 7.05. The van der Waals surface area contributed by atoms with E-state index >= 15 is 0 Å². The molecule has 7 aromatic rings. The van der Waals surface area contributed by atoms with E-state index in [1.54, 1.807) is 0 Å². The van der Waals surface area contributed by atoms with Crippen molar-refractivity contribution in [3.63, 3.8) is 0 Å². The Bertz CT molecular complexity index is 2090. The normalized spacial score (nSPS) is 14.5. The van der Waals surface area contributed by atoms with Crippen molar-refractivity contribution in [2.24, 2.45) is 0 Å². The van der Waals surface area contributed by atoms with Gasteiger partial charge in [0.05, 0.1) is 0 Å². The minimum atomic E-state index is -2.41. The first-order valence-corrected chi connectivity index (χ1v) is 19.9. The van der Waals surface area contributed by atoms with E-state index in [2.05, 4.69) is 115 Å². The van der Waals surface area contributed by atoms with E-state index in [1.165, 1.54) is 15.9 Å². The predicted molar refractivity (Wildman–Crippen MR) is 219 cm³/mol. The summed E-state index contributed by atoms with van der Waals surface area (Å²) in [6, 6.07) is 69.6. The van der Waals surface area contributed by atoms with Gasteiger partial charge < -0.3 is 10.2 Å². The van der Waals surface area contributed by atoms with Crippen LogP contribution in [0.1, 0.15) is 33.5 Å². The van der Waals surface area contributed by atoms with Gasteiger partial charge >= 0.3 is 0 Å². The first kappa shape index (κ1) is 34.0. The Hall–Kier alpha value is -6.09. The van der Waals surface area contributed by atoms with E-state index in [-0.39, 0.29) is 17.5 Å². The molecule has 53 heavy (non-hydrogen) atoms. The van der Waals surface area contributed by atoms with Crippen molar-refractivity contribution >= 4 is 40.7 Å². The molecule has 1 N–H and O–H groups in total. The van der Waals surface area contributed by atoms with Crippen LogP contribution in [-0.2, 0) is 10.3 Å². The van der Waals surface area contributed by atoms with Crippen molar-refractivity contribution in [2.45, 2.75) is 17.6 Å². The summed E-state index contributed by atoms with van der Waals surface area (Å²) in [5.41, 5.74) is 3.01. The third kappa shape index (κ3) is 6.16. The molecule has 4 nitrogen and oxygen atoms in total. The Morgan fingerprint density at radius 1 is 0.509 bits per heavy atom. The van der Waals surface area contributed by atoms with Gasteiger partial charge in [-0.3, -0.25) is 9.59 Å². The molecule has 0 aromatic heterocycles. The molecule has 1 aliphatic heterocycles. The van der Waals surface area contributed by atoms with E-state index in [0.717, 1.165) is 28.8 Å². The lowest BCUT2D eigenvalue weighted by molar-refractivity contribution is -0.116. The summed E-state index contributed by atoms with van der Waals surface area (Å²) in [5.74, 6) is -0.0933. The number of carbonyl (C=O) groups excluding carboxylic acids is 2. The van der Waals surface area contributed by atoms with Crippen molar-refractivity contribution in [2.75, 3.05) is 11.4 Å². The molecule has 0 aliphatic carbocycles. The summed E-state index contributed by atoms with van der Waals surface area (Å²) >= 11 is 0. The van der Waals surface area contributed by atoms with Crippen LogP contribution >= 0.6 is 7.26 Å². The molecule has 0 spiro atoms. The van der Waals surface area contributed by atoms with E-state index in [1.807, 2.05) is 102 Å². The number of rotatable bonds is 10. The van der Waals surface area contributed by atoms with Crippen LogP contribution in [0.5, 0.6) is 0 Å². The Labute approximate surface area is 312 Å². The molecule has 7 aromatic carbocycles. The Morgan fingerprint density at radius 3 is 1.25 bits per heavy atom. The fourth-order valence-corrected chi connectivity index (χ4v) is 12.9. The molecule has 8 rings (SSSR count). The van der Waals surface area contributed by atoms with Gasteiger partial charge in [0.1, 0.15) is 28.7 Å². The van der Waals surface area contributed by atoms with Gasteiger partial charge in [0.25, 0.3) is 11.8 Å². The molecule has 258 valence electrons. The number of carbonyl (C=O) groups is 2. The van der Waals surface area contributed by atoms with Crippen LogP contribution < -0.4 is 26.1 Å². The lowest BCUT2D eigenvalue weighted by atomic mass is 9.77. The fourth-order valence-electron chi connectivity index (χ4n) is 8.07. The number of benzene rings is 7. The number of nitrogens with one attached hydrogen (secondary N) is 1. The fraction of sp³-hybridized carbons (Fsp3) is 0.0833.